The highest BCUT2D eigenvalue weighted by Gasteiger charge is 2.17. The normalized spacial score (nSPS) is 20.9. The van der Waals surface area contributed by atoms with Gasteiger partial charge in [-0.1, -0.05) is 44.2 Å². The summed E-state index contributed by atoms with van der Waals surface area (Å²) < 4.78 is 0. The van der Waals surface area contributed by atoms with Gasteiger partial charge in [0.05, 0.1) is 0 Å². The van der Waals surface area contributed by atoms with Gasteiger partial charge in [0.15, 0.2) is 0 Å². The van der Waals surface area contributed by atoms with Crippen molar-refractivity contribution in [3.8, 4) is 0 Å². The molecule has 1 heteroatoms. The van der Waals surface area contributed by atoms with Crippen molar-refractivity contribution in [2.45, 2.75) is 32.6 Å². The molecule has 0 aliphatic carbocycles. The zero-order valence-electron chi connectivity index (χ0n) is 10.5. The van der Waals surface area contributed by atoms with Gasteiger partial charge in [-0.25, -0.2) is 0 Å². The summed E-state index contributed by atoms with van der Waals surface area (Å²) in [6, 6.07) is 10.9. The van der Waals surface area contributed by atoms with Crippen molar-refractivity contribution in [2.24, 2.45) is 5.92 Å². The van der Waals surface area contributed by atoms with Crippen molar-refractivity contribution in [1.82, 2.24) is 4.90 Å². The second-order valence-corrected chi connectivity index (χ2v) is 5.29. The Morgan fingerprint density at radius 1 is 1.19 bits per heavy atom. The van der Waals surface area contributed by atoms with E-state index in [0.717, 1.165) is 5.92 Å². The SMILES string of the molecule is CC1CCN(CC(C)c2ccccc2)CC1. The van der Waals surface area contributed by atoms with E-state index in [1.54, 1.807) is 0 Å². The lowest BCUT2D eigenvalue weighted by Crippen LogP contribution is -2.35. The molecule has 1 unspecified atom stereocenters. The molecule has 0 saturated carbocycles. The van der Waals surface area contributed by atoms with Gasteiger partial charge in [0, 0.05) is 6.54 Å². The third-order valence-corrected chi connectivity index (χ3v) is 3.78. The van der Waals surface area contributed by atoms with Crippen LogP contribution in [0.1, 0.15) is 38.2 Å². The lowest BCUT2D eigenvalue weighted by Gasteiger charge is -2.32. The Morgan fingerprint density at radius 2 is 1.81 bits per heavy atom. The van der Waals surface area contributed by atoms with Crippen molar-refractivity contribution >= 4 is 0 Å². The van der Waals surface area contributed by atoms with E-state index in [4.69, 9.17) is 0 Å². The highest BCUT2D eigenvalue weighted by Crippen LogP contribution is 2.21. The lowest BCUT2D eigenvalue weighted by molar-refractivity contribution is 0.185. The number of rotatable bonds is 3. The molecule has 1 aromatic rings. The van der Waals surface area contributed by atoms with E-state index in [2.05, 4.69) is 49.1 Å². The Hall–Kier alpha value is -0.820. The van der Waals surface area contributed by atoms with Crippen LogP contribution in [0.5, 0.6) is 0 Å². The fourth-order valence-electron chi connectivity index (χ4n) is 2.52. The maximum atomic E-state index is 2.62. The summed E-state index contributed by atoms with van der Waals surface area (Å²) in [7, 11) is 0. The van der Waals surface area contributed by atoms with Crippen LogP contribution < -0.4 is 0 Å². The number of hydrogen-bond donors (Lipinski definition) is 0. The van der Waals surface area contributed by atoms with E-state index >= 15 is 0 Å². The van der Waals surface area contributed by atoms with Gasteiger partial charge in [-0.2, -0.15) is 0 Å². The molecule has 0 amide bonds. The zero-order chi connectivity index (χ0) is 11.4. The van der Waals surface area contributed by atoms with Crippen LogP contribution in [0.2, 0.25) is 0 Å². The van der Waals surface area contributed by atoms with Gasteiger partial charge < -0.3 is 4.90 Å². The summed E-state index contributed by atoms with van der Waals surface area (Å²) in [5, 5.41) is 0. The summed E-state index contributed by atoms with van der Waals surface area (Å²) in [5.41, 5.74) is 1.47. The molecule has 0 radical (unpaired) electrons. The lowest BCUT2D eigenvalue weighted by atomic mass is 9.96. The number of nitrogens with zero attached hydrogens (tertiary/aromatic N) is 1. The summed E-state index contributed by atoms with van der Waals surface area (Å²) >= 11 is 0. The van der Waals surface area contributed by atoms with Gasteiger partial charge in [-0.05, 0) is 43.3 Å². The molecule has 1 atom stereocenters. The molecule has 88 valence electrons. The zero-order valence-corrected chi connectivity index (χ0v) is 10.5. The quantitative estimate of drug-likeness (QED) is 0.748. The molecule has 0 spiro atoms. The average molecular weight is 217 g/mol. The van der Waals surface area contributed by atoms with Gasteiger partial charge in [0.1, 0.15) is 0 Å². The van der Waals surface area contributed by atoms with Crippen molar-refractivity contribution < 1.29 is 0 Å². The first-order chi connectivity index (χ1) is 7.75. The second kappa shape index (κ2) is 5.49. The fourth-order valence-corrected chi connectivity index (χ4v) is 2.52. The molecule has 0 N–H and O–H groups in total. The summed E-state index contributed by atoms with van der Waals surface area (Å²) in [6.45, 7) is 8.51. The first kappa shape index (κ1) is 11.7. The van der Waals surface area contributed by atoms with Crippen LogP contribution in [0, 0.1) is 5.92 Å². The topological polar surface area (TPSA) is 3.24 Å². The van der Waals surface area contributed by atoms with Gasteiger partial charge in [0.25, 0.3) is 0 Å². The predicted molar refractivity (Wildman–Crippen MR) is 69.7 cm³/mol. The molecule has 1 nitrogen and oxygen atoms in total. The van der Waals surface area contributed by atoms with E-state index in [1.807, 2.05) is 0 Å². The number of benzene rings is 1. The molecule has 16 heavy (non-hydrogen) atoms. The van der Waals surface area contributed by atoms with Gasteiger partial charge in [-0.15, -0.1) is 0 Å². The molecule has 1 saturated heterocycles. The molecule has 1 aliphatic rings. The Labute approximate surface area is 99.5 Å². The largest absolute Gasteiger partial charge is 0.303 e. The van der Waals surface area contributed by atoms with Crippen molar-refractivity contribution in [1.29, 1.82) is 0 Å². The standard InChI is InChI=1S/C15H23N/c1-13-8-10-16(11-9-13)12-14(2)15-6-4-3-5-7-15/h3-7,13-14H,8-12H2,1-2H3. The predicted octanol–water partition coefficient (Wildman–Crippen LogP) is 3.52. The maximum absolute atomic E-state index is 2.62. The minimum atomic E-state index is 0.662. The van der Waals surface area contributed by atoms with Gasteiger partial charge >= 0.3 is 0 Å². The summed E-state index contributed by atoms with van der Waals surface area (Å²) in [5.74, 6) is 1.60. The number of likely N-dealkylation sites (tertiary alicyclic amines) is 1. The third kappa shape index (κ3) is 3.08. The van der Waals surface area contributed by atoms with Crippen molar-refractivity contribution in [3.05, 3.63) is 35.9 Å². The summed E-state index contributed by atoms with van der Waals surface area (Å²) in [6.07, 6.45) is 2.75. The van der Waals surface area contributed by atoms with Crippen LogP contribution in [0.3, 0.4) is 0 Å². The van der Waals surface area contributed by atoms with Gasteiger partial charge in [-0.3, -0.25) is 0 Å². The highest BCUT2D eigenvalue weighted by molar-refractivity contribution is 5.19. The van der Waals surface area contributed by atoms with Crippen molar-refractivity contribution in [3.63, 3.8) is 0 Å². The highest BCUT2D eigenvalue weighted by atomic mass is 15.1. The first-order valence-electron chi connectivity index (χ1n) is 6.53. The minimum Gasteiger partial charge on any atom is -0.303 e. The Balaban J connectivity index is 1.86. The van der Waals surface area contributed by atoms with E-state index in [1.165, 1.54) is 38.0 Å². The molecular weight excluding hydrogens is 194 g/mol. The smallest absolute Gasteiger partial charge is 0.00476 e. The molecule has 0 bridgehead atoms. The van der Waals surface area contributed by atoms with Crippen LogP contribution in [0.15, 0.2) is 30.3 Å². The molecule has 0 aromatic heterocycles. The molecule has 1 aromatic carbocycles. The van der Waals surface area contributed by atoms with Crippen LogP contribution >= 0.6 is 0 Å². The molecule has 1 fully saturated rings. The van der Waals surface area contributed by atoms with Gasteiger partial charge in [0.2, 0.25) is 0 Å². The first-order valence-corrected chi connectivity index (χ1v) is 6.53. The number of hydrogen-bond acceptors (Lipinski definition) is 1. The van der Waals surface area contributed by atoms with Crippen LogP contribution in [-0.2, 0) is 0 Å². The Morgan fingerprint density at radius 3 is 2.44 bits per heavy atom. The summed E-state index contributed by atoms with van der Waals surface area (Å²) in [4.78, 5) is 2.62. The van der Waals surface area contributed by atoms with E-state index in [9.17, 15) is 0 Å². The minimum absolute atomic E-state index is 0.662. The van der Waals surface area contributed by atoms with Crippen LogP contribution in [0.4, 0.5) is 0 Å². The third-order valence-electron chi connectivity index (χ3n) is 3.78. The van der Waals surface area contributed by atoms with Crippen LogP contribution in [0.25, 0.3) is 0 Å². The molecular formula is C15H23N. The Kier molecular flexibility index (Phi) is 4.00. The van der Waals surface area contributed by atoms with E-state index in [-0.39, 0.29) is 0 Å². The average Bonchev–Trinajstić information content (AvgIpc) is 2.33. The maximum Gasteiger partial charge on any atom is 0.00476 e. The number of piperidine rings is 1. The molecule has 1 aliphatic heterocycles. The van der Waals surface area contributed by atoms with E-state index in [0.29, 0.717) is 5.92 Å². The Bertz CT molecular complexity index is 298. The second-order valence-electron chi connectivity index (χ2n) is 5.29. The van der Waals surface area contributed by atoms with E-state index < -0.39 is 0 Å². The van der Waals surface area contributed by atoms with Crippen molar-refractivity contribution in [2.75, 3.05) is 19.6 Å². The monoisotopic (exact) mass is 217 g/mol. The molecule has 1 heterocycles. The van der Waals surface area contributed by atoms with Crippen LogP contribution in [-0.4, -0.2) is 24.5 Å². The fraction of sp³-hybridized carbons (Fsp3) is 0.600. The molecule has 2 rings (SSSR count).